The average Bonchev–Trinajstić information content (AvgIpc) is 2.76. The maximum Gasteiger partial charge on any atom is 0.382 e. The SMILES string of the molecule is CC(C)=CCC/C(C)=C/COc1c(O)c(=O)oc2c(OC/C=C(\C)CCC=C(C)C)cccc12. The molecule has 1 heterocycles. The number of allylic oxidation sites excluding steroid dienone is 6. The third-order valence-corrected chi connectivity index (χ3v) is 5.34. The van der Waals surface area contributed by atoms with Gasteiger partial charge in [0.05, 0.1) is 5.39 Å². The second kappa shape index (κ2) is 13.5. The molecule has 184 valence electrons. The zero-order chi connectivity index (χ0) is 25.1. The van der Waals surface area contributed by atoms with Crippen LogP contribution in [0.15, 0.2) is 74.0 Å². The van der Waals surface area contributed by atoms with Gasteiger partial charge in [0, 0.05) is 0 Å². The van der Waals surface area contributed by atoms with Crippen molar-refractivity contribution in [3.05, 3.63) is 75.2 Å². The van der Waals surface area contributed by atoms with E-state index in [0.717, 1.165) is 25.7 Å². The van der Waals surface area contributed by atoms with Gasteiger partial charge in [0.2, 0.25) is 5.75 Å². The molecular formula is C29H38O5. The van der Waals surface area contributed by atoms with E-state index in [9.17, 15) is 9.90 Å². The number of aromatic hydroxyl groups is 1. The van der Waals surface area contributed by atoms with Gasteiger partial charge in [-0.15, -0.1) is 0 Å². The van der Waals surface area contributed by atoms with E-state index in [2.05, 4.69) is 46.8 Å². The standard InChI is InChI=1S/C29H38O5/c1-20(2)10-7-12-22(5)16-18-32-25-15-9-14-24-27(25)34-29(31)26(30)28(24)33-19-17-23(6)13-8-11-21(3)4/h9-11,14-17,30H,7-8,12-13,18-19H2,1-6H3/b22-16+,23-17+. The fourth-order valence-electron chi connectivity index (χ4n) is 3.34. The van der Waals surface area contributed by atoms with Crippen LogP contribution in [0.5, 0.6) is 17.2 Å². The third kappa shape index (κ3) is 8.62. The highest BCUT2D eigenvalue weighted by Crippen LogP contribution is 2.36. The van der Waals surface area contributed by atoms with Gasteiger partial charge in [0.15, 0.2) is 17.1 Å². The number of benzene rings is 1. The smallest absolute Gasteiger partial charge is 0.382 e. The minimum atomic E-state index is -0.851. The highest BCUT2D eigenvalue weighted by atomic mass is 16.5. The van der Waals surface area contributed by atoms with Gasteiger partial charge in [-0.1, -0.05) is 40.5 Å². The molecular weight excluding hydrogens is 428 g/mol. The third-order valence-electron chi connectivity index (χ3n) is 5.34. The van der Waals surface area contributed by atoms with Gasteiger partial charge in [-0.3, -0.25) is 0 Å². The van der Waals surface area contributed by atoms with Crippen molar-refractivity contribution in [2.45, 2.75) is 67.2 Å². The summed E-state index contributed by atoms with van der Waals surface area (Å²) in [6, 6.07) is 5.27. The van der Waals surface area contributed by atoms with Crippen LogP contribution in [0.3, 0.4) is 0 Å². The van der Waals surface area contributed by atoms with Gasteiger partial charge in [-0.2, -0.15) is 0 Å². The Hall–Kier alpha value is -3.21. The Labute approximate surface area is 203 Å². The predicted molar refractivity (Wildman–Crippen MR) is 140 cm³/mol. The summed E-state index contributed by atoms with van der Waals surface area (Å²) in [7, 11) is 0. The molecule has 1 aromatic carbocycles. The van der Waals surface area contributed by atoms with Crippen molar-refractivity contribution in [2.75, 3.05) is 13.2 Å². The molecule has 0 fully saturated rings. The first-order valence-corrected chi connectivity index (χ1v) is 11.8. The lowest BCUT2D eigenvalue weighted by atomic mass is 10.1. The molecule has 0 aliphatic rings. The van der Waals surface area contributed by atoms with E-state index >= 15 is 0 Å². The molecule has 5 nitrogen and oxygen atoms in total. The fraction of sp³-hybridized carbons (Fsp3) is 0.414. The average molecular weight is 467 g/mol. The number of ether oxygens (including phenoxy) is 2. The molecule has 0 amide bonds. The highest BCUT2D eigenvalue weighted by molar-refractivity contribution is 5.89. The topological polar surface area (TPSA) is 68.9 Å². The molecule has 2 aromatic rings. The molecule has 5 heteroatoms. The number of para-hydroxylation sites is 1. The summed E-state index contributed by atoms with van der Waals surface area (Å²) >= 11 is 0. The summed E-state index contributed by atoms with van der Waals surface area (Å²) in [6.07, 6.45) is 12.3. The first-order valence-electron chi connectivity index (χ1n) is 11.8. The van der Waals surface area contributed by atoms with Crippen LogP contribution in [0.4, 0.5) is 0 Å². The zero-order valence-corrected chi connectivity index (χ0v) is 21.4. The number of rotatable bonds is 12. The maximum absolute atomic E-state index is 12.3. The summed E-state index contributed by atoms with van der Waals surface area (Å²) < 4.78 is 17.1. The van der Waals surface area contributed by atoms with Gasteiger partial charge in [0.25, 0.3) is 0 Å². The normalized spacial score (nSPS) is 11.9. The second-order valence-electron chi connectivity index (χ2n) is 9.06. The van der Waals surface area contributed by atoms with Crippen LogP contribution in [-0.2, 0) is 0 Å². The molecule has 2 rings (SSSR count). The van der Waals surface area contributed by atoms with Crippen molar-refractivity contribution in [1.82, 2.24) is 0 Å². The van der Waals surface area contributed by atoms with Gasteiger partial charge in [-0.05, 0) is 91.5 Å². The van der Waals surface area contributed by atoms with Crippen LogP contribution in [-0.4, -0.2) is 18.3 Å². The van der Waals surface area contributed by atoms with E-state index in [1.54, 1.807) is 18.2 Å². The molecule has 0 saturated heterocycles. The monoisotopic (exact) mass is 466 g/mol. The van der Waals surface area contributed by atoms with Crippen molar-refractivity contribution in [3.8, 4) is 17.2 Å². The van der Waals surface area contributed by atoms with Crippen molar-refractivity contribution >= 4 is 11.0 Å². The molecule has 0 atom stereocenters. The molecule has 0 unspecified atom stereocenters. The first kappa shape index (κ1) is 27.0. The van der Waals surface area contributed by atoms with Gasteiger partial charge < -0.3 is 19.0 Å². The van der Waals surface area contributed by atoms with Crippen molar-refractivity contribution in [2.24, 2.45) is 0 Å². The Bertz CT molecular complexity index is 1140. The van der Waals surface area contributed by atoms with E-state index < -0.39 is 11.4 Å². The Kier molecular flexibility index (Phi) is 10.7. The summed E-state index contributed by atoms with van der Waals surface area (Å²) in [5.41, 5.74) is 4.43. The lowest BCUT2D eigenvalue weighted by Gasteiger charge is -2.12. The fourth-order valence-corrected chi connectivity index (χ4v) is 3.34. The molecule has 34 heavy (non-hydrogen) atoms. The van der Waals surface area contributed by atoms with Crippen LogP contribution in [0.25, 0.3) is 11.0 Å². The molecule has 0 aliphatic carbocycles. The predicted octanol–water partition coefficient (Wildman–Crippen LogP) is 7.64. The Morgan fingerprint density at radius 1 is 0.853 bits per heavy atom. The van der Waals surface area contributed by atoms with E-state index in [-0.39, 0.29) is 17.9 Å². The van der Waals surface area contributed by atoms with E-state index in [1.165, 1.54) is 22.3 Å². The lowest BCUT2D eigenvalue weighted by molar-refractivity contribution is 0.323. The van der Waals surface area contributed by atoms with Gasteiger partial charge in [-0.25, -0.2) is 4.79 Å². The quantitative estimate of drug-likeness (QED) is 0.257. The Morgan fingerprint density at radius 2 is 1.41 bits per heavy atom. The molecule has 0 radical (unpaired) electrons. The van der Waals surface area contributed by atoms with Crippen LogP contribution in [0.2, 0.25) is 0 Å². The van der Waals surface area contributed by atoms with Gasteiger partial charge >= 0.3 is 5.63 Å². The summed E-state index contributed by atoms with van der Waals surface area (Å²) in [5, 5.41) is 10.8. The largest absolute Gasteiger partial charge is 0.499 e. The number of fused-ring (bicyclic) bond motifs is 1. The highest BCUT2D eigenvalue weighted by Gasteiger charge is 2.18. The Morgan fingerprint density at radius 3 is 1.97 bits per heavy atom. The summed E-state index contributed by atoms with van der Waals surface area (Å²) in [6.45, 7) is 13.1. The van der Waals surface area contributed by atoms with Crippen molar-refractivity contribution in [1.29, 1.82) is 0 Å². The first-order chi connectivity index (χ1) is 16.2. The van der Waals surface area contributed by atoms with Crippen molar-refractivity contribution < 1.29 is 19.0 Å². The molecule has 0 aliphatic heterocycles. The molecule has 0 spiro atoms. The molecule has 1 aromatic heterocycles. The molecule has 1 N–H and O–H groups in total. The maximum atomic E-state index is 12.3. The minimum Gasteiger partial charge on any atom is -0.499 e. The molecule has 0 bridgehead atoms. The lowest BCUT2D eigenvalue weighted by Crippen LogP contribution is -2.05. The number of hydrogen-bond donors (Lipinski definition) is 1. The van der Waals surface area contributed by atoms with Crippen molar-refractivity contribution in [3.63, 3.8) is 0 Å². The minimum absolute atomic E-state index is 0.110. The van der Waals surface area contributed by atoms with Crippen LogP contribution < -0.4 is 15.1 Å². The molecule has 0 saturated carbocycles. The zero-order valence-electron chi connectivity index (χ0n) is 21.4. The van der Waals surface area contributed by atoms with Crippen LogP contribution >= 0.6 is 0 Å². The van der Waals surface area contributed by atoms with E-state index in [0.29, 0.717) is 17.7 Å². The second-order valence-corrected chi connectivity index (χ2v) is 9.06. The van der Waals surface area contributed by atoms with E-state index in [4.69, 9.17) is 13.9 Å². The number of hydrogen-bond acceptors (Lipinski definition) is 5. The summed E-state index contributed by atoms with van der Waals surface area (Å²) in [5.74, 6) is 0.00925. The summed E-state index contributed by atoms with van der Waals surface area (Å²) in [4.78, 5) is 12.3. The van der Waals surface area contributed by atoms with Gasteiger partial charge in [0.1, 0.15) is 13.2 Å². The van der Waals surface area contributed by atoms with E-state index in [1.807, 2.05) is 19.1 Å². The van der Waals surface area contributed by atoms with Crippen LogP contribution in [0.1, 0.15) is 67.2 Å². The Balaban J connectivity index is 2.15. The van der Waals surface area contributed by atoms with Crippen LogP contribution in [0, 0.1) is 0 Å².